The maximum atomic E-state index is 5.99. The molecule has 0 amide bonds. The maximum Gasteiger partial charge on any atom is 0.239 e. The average Bonchev–Trinajstić information content (AvgIpc) is 3.10. The highest BCUT2D eigenvalue weighted by atomic mass is 16.5. The lowest BCUT2D eigenvalue weighted by Crippen LogP contribution is -2.25. The molecule has 0 atom stereocenters. The molecule has 0 aliphatic rings. The third-order valence-electron chi connectivity index (χ3n) is 4.29. The smallest absolute Gasteiger partial charge is 0.239 e. The molecule has 0 saturated heterocycles. The lowest BCUT2D eigenvalue weighted by atomic mass is 10.1. The number of hydrogen-bond acceptors (Lipinski definition) is 4. The first-order valence-corrected chi connectivity index (χ1v) is 8.87. The molecule has 138 valence electrons. The van der Waals surface area contributed by atoms with Crippen LogP contribution in [0.25, 0.3) is 33.1 Å². The summed E-state index contributed by atoms with van der Waals surface area (Å²) in [7, 11) is 1.79. The molecule has 4 aromatic rings. The minimum absolute atomic E-state index is 0. The summed E-state index contributed by atoms with van der Waals surface area (Å²) in [5.74, 6) is 0.597. The number of fused-ring (bicyclic) bond motifs is 3. The average molecular weight is 361 g/mol. The lowest BCUT2D eigenvalue weighted by Gasteiger charge is -2.08. The largest absolute Gasteiger partial charge is 0.474 e. The first-order chi connectivity index (χ1) is 13.4. The molecule has 2 heterocycles. The van der Waals surface area contributed by atoms with Crippen LogP contribution in [-0.2, 0) is 0 Å². The highest BCUT2D eigenvalue weighted by molar-refractivity contribution is 6.09. The zero-order valence-electron chi connectivity index (χ0n) is 15.1. The molecule has 0 unspecified atom stereocenters. The van der Waals surface area contributed by atoms with Crippen molar-refractivity contribution in [2.24, 2.45) is 4.99 Å². The monoisotopic (exact) mass is 361 g/mol. The van der Waals surface area contributed by atoms with Crippen LogP contribution in [0.4, 0.5) is 0 Å². The van der Waals surface area contributed by atoms with Crippen LogP contribution in [0.5, 0.6) is 5.88 Å². The highest BCUT2D eigenvalue weighted by Crippen LogP contribution is 2.34. The second kappa shape index (κ2) is 7.88. The van der Waals surface area contributed by atoms with E-state index >= 15 is 0 Å². The van der Waals surface area contributed by atoms with E-state index in [0.717, 1.165) is 33.1 Å². The molecule has 0 bridgehead atoms. The molecule has 0 aliphatic carbocycles. The van der Waals surface area contributed by atoms with Crippen LogP contribution < -0.4 is 15.6 Å². The van der Waals surface area contributed by atoms with E-state index in [9.17, 15) is 0 Å². The molecule has 4 rings (SSSR count). The normalized spacial score (nSPS) is 11.4. The number of hydrazine groups is 1. The Morgan fingerprint density at radius 2 is 1.93 bits per heavy atom. The minimum atomic E-state index is 0. The van der Waals surface area contributed by atoms with Gasteiger partial charge in [-0.15, -0.1) is 0 Å². The number of ether oxygens (including phenoxy) is 1. The molecule has 2 aromatic carbocycles. The van der Waals surface area contributed by atoms with Gasteiger partial charge in [0.25, 0.3) is 0 Å². The van der Waals surface area contributed by atoms with Gasteiger partial charge in [0, 0.05) is 30.3 Å². The van der Waals surface area contributed by atoms with Crippen LogP contribution in [0.1, 0.15) is 1.43 Å². The van der Waals surface area contributed by atoms with Crippen molar-refractivity contribution in [3.63, 3.8) is 0 Å². The van der Waals surface area contributed by atoms with Crippen molar-refractivity contribution in [1.82, 2.24) is 20.8 Å². The van der Waals surface area contributed by atoms with Gasteiger partial charge in [0.2, 0.25) is 5.88 Å². The van der Waals surface area contributed by atoms with Crippen molar-refractivity contribution in [1.29, 1.82) is 0 Å². The number of aromatic amines is 1. The zero-order chi connectivity index (χ0) is 18.5. The Morgan fingerprint density at radius 1 is 1.11 bits per heavy atom. The Morgan fingerprint density at radius 3 is 2.78 bits per heavy atom. The van der Waals surface area contributed by atoms with Gasteiger partial charge in [-0.1, -0.05) is 48.5 Å². The molecule has 0 saturated carbocycles. The molecule has 0 radical (unpaired) electrons. The van der Waals surface area contributed by atoms with Gasteiger partial charge in [0.05, 0.1) is 18.6 Å². The number of benzene rings is 2. The summed E-state index contributed by atoms with van der Waals surface area (Å²) in [6.07, 6.45) is 1.61. The van der Waals surface area contributed by atoms with Crippen LogP contribution in [0.3, 0.4) is 0 Å². The van der Waals surface area contributed by atoms with E-state index in [1.165, 1.54) is 0 Å². The molecule has 0 spiro atoms. The fourth-order valence-corrected chi connectivity index (χ4v) is 3.05. The molecule has 3 N–H and O–H groups in total. The maximum absolute atomic E-state index is 5.99. The van der Waals surface area contributed by atoms with Gasteiger partial charge in [-0.3, -0.25) is 4.99 Å². The Balaban J connectivity index is 0.00000225. The number of hydrogen-bond donors (Lipinski definition) is 3. The van der Waals surface area contributed by atoms with Gasteiger partial charge >= 0.3 is 0 Å². The molecule has 27 heavy (non-hydrogen) atoms. The lowest BCUT2D eigenvalue weighted by molar-refractivity contribution is 0.320. The fraction of sp³-hybridized carbons (Fsp3) is 0.143. The van der Waals surface area contributed by atoms with E-state index in [0.29, 0.717) is 19.0 Å². The second-order valence-corrected chi connectivity index (χ2v) is 6.05. The van der Waals surface area contributed by atoms with Crippen molar-refractivity contribution in [3.05, 3.63) is 60.7 Å². The topological polar surface area (TPSA) is 74.3 Å². The molecular weight excluding hydrogens is 338 g/mol. The van der Waals surface area contributed by atoms with E-state index < -0.39 is 0 Å². The van der Waals surface area contributed by atoms with Crippen molar-refractivity contribution < 1.29 is 6.16 Å². The van der Waals surface area contributed by atoms with Crippen LogP contribution in [-0.4, -0.2) is 36.5 Å². The van der Waals surface area contributed by atoms with E-state index in [1.807, 2.05) is 30.3 Å². The number of rotatable bonds is 7. The summed E-state index contributed by atoms with van der Waals surface area (Å²) in [6.45, 7) is 0.977. The number of pyridine rings is 1. The summed E-state index contributed by atoms with van der Waals surface area (Å²) >= 11 is 0. The molecule has 0 fully saturated rings. The summed E-state index contributed by atoms with van der Waals surface area (Å²) < 4.78 is 5.99. The summed E-state index contributed by atoms with van der Waals surface area (Å²) in [4.78, 5) is 12.4. The van der Waals surface area contributed by atoms with Gasteiger partial charge in [-0.05, 0) is 12.1 Å². The number of para-hydroxylation sites is 1. The van der Waals surface area contributed by atoms with Gasteiger partial charge in [-0.2, -0.15) is 0 Å². The first kappa shape index (κ1) is 17.1. The Kier molecular flexibility index (Phi) is 4.98. The molecular formula is C21H23N5O. The van der Waals surface area contributed by atoms with E-state index in [1.54, 1.807) is 13.4 Å². The van der Waals surface area contributed by atoms with Crippen molar-refractivity contribution >= 4 is 28.1 Å². The number of nitrogens with zero attached hydrogens (tertiary/aromatic N) is 2. The van der Waals surface area contributed by atoms with Gasteiger partial charge < -0.3 is 15.1 Å². The second-order valence-electron chi connectivity index (χ2n) is 6.05. The summed E-state index contributed by atoms with van der Waals surface area (Å²) in [5.41, 5.74) is 9.52. The quantitative estimate of drug-likeness (QED) is 0.203. The van der Waals surface area contributed by atoms with Crippen molar-refractivity contribution in [3.8, 4) is 17.1 Å². The standard InChI is InChI=1S/C21H21N5O.H2/c1-22-24-14-23-11-12-27-21-20-17(16-9-5-6-10-18(16)25-20)13-19(26-21)15-7-3-2-4-8-15;/h2-10,13-14,22,25H,11-12H2,1H3,(H,23,24);1H. The van der Waals surface area contributed by atoms with Gasteiger partial charge in [0.15, 0.2) is 0 Å². The predicted molar refractivity (Wildman–Crippen MR) is 112 cm³/mol. The van der Waals surface area contributed by atoms with Crippen LogP contribution >= 0.6 is 0 Å². The van der Waals surface area contributed by atoms with Crippen LogP contribution in [0.2, 0.25) is 0 Å². The zero-order valence-corrected chi connectivity index (χ0v) is 15.1. The van der Waals surface area contributed by atoms with Crippen molar-refractivity contribution in [2.75, 3.05) is 20.2 Å². The third-order valence-corrected chi connectivity index (χ3v) is 4.29. The SMILES string of the molecule is CNNC=NCCOc1nc(-c2ccccc2)cc2c1[nH]c1ccccc12.[HH]. The first-order valence-electron chi connectivity index (χ1n) is 8.87. The van der Waals surface area contributed by atoms with Crippen LogP contribution in [0.15, 0.2) is 65.7 Å². The Hall–Kier alpha value is -3.38. The number of aromatic nitrogens is 2. The van der Waals surface area contributed by atoms with Crippen molar-refractivity contribution in [2.45, 2.75) is 0 Å². The number of aliphatic imine (C=N–C) groups is 1. The summed E-state index contributed by atoms with van der Waals surface area (Å²) in [6, 6.07) is 20.5. The number of nitrogens with one attached hydrogen (secondary N) is 3. The van der Waals surface area contributed by atoms with Crippen LogP contribution in [0, 0.1) is 0 Å². The Bertz CT molecular complexity index is 1080. The van der Waals surface area contributed by atoms with Gasteiger partial charge in [0.1, 0.15) is 12.1 Å². The summed E-state index contributed by atoms with van der Waals surface area (Å²) in [5, 5.41) is 2.27. The van der Waals surface area contributed by atoms with E-state index in [-0.39, 0.29) is 1.43 Å². The fourth-order valence-electron chi connectivity index (χ4n) is 3.05. The molecule has 2 aromatic heterocycles. The third kappa shape index (κ3) is 3.61. The predicted octanol–water partition coefficient (Wildman–Crippen LogP) is 3.76. The van der Waals surface area contributed by atoms with E-state index in [2.05, 4.69) is 51.2 Å². The molecule has 6 nitrogen and oxygen atoms in total. The minimum Gasteiger partial charge on any atom is -0.474 e. The Labute approximate surface area is 158 Å². The number of H-pyrrole nitrogens is 1. The molecule has 6 heteroatoms. The molecule has 0 aliphatic heterocycles. The van der Waals surface area contributed by atoms with Gasteiger partial charge in [-0.25, -0.2) is 10.4 Å². The van der Waals surface area contributed by atoms with E-state index in [4.69, 9.17) is 9.72 Å². The highest BCUT2D eigenvalue weighted by Gasteiger charge is 2.13.